The third kappa shape index (κ3) is 6.31. The predicted octanol–water partition coefficient (Wildman–Crippen LogP) is 3.50. The molecule has 1 N–H and O–H groups in total. The Kier molecular flexibility index (Phi) is 8.47. The minimum atomic E-state index is -0.0848. The van der Waals surface area contributed by atoms with Crippen molar-refractivity contribution in [1.82, 2.24) is 15.1 Å². The van der Waals surface area contributed by atoms with Crippen molar-refractivity contribution in [3.05, 3.63) is 65.7 Å². The van der Waals surface area contributed by atoms with Gasteiger partial charge in [-0.1, -0.05) is 43.3 Å². The van der Waals surface area contributed by atoms with Crippen molar-refractivity contribution < 1.29 is 14.3 Å². The lowest BCUT2D eigenvalue weighted by Gasteiger charge is -2.24. The highest BCUT2D eigenvalue weighted by atomic mass is 16.5. The van der Waals surface area contributed by atoms with Gasteiger partial charge in [-0.3, -0.25) is 14.5 Å². The lowest BCUT2D eigenvalue weighted by molar-refractivity contribution is -0.123. The number of rotatable bonds is 8. The van der Waals surface area contributed by atoms with Crippen LogP contribution in [0.15, 0.2) is 54.6 Å². The van der Waals surface area contributed by atoms with Crippen LogP contribution in [0.25, 0.3) is 0 Å². The van der Waals surface area contributed by atoms with Crippen molar-refractivity contribution in [2.24, 2.45) is 0 Å². The van der Waals surface area contributed by atoms with Crippen LogP contribution in [-0.2, 0) is 4.79 Å². The number of hydrogen-bond acceptors (Lipinski definition) is 4. The van der Waals surface area contributed by atoms with Gasteiger partial charge >= 0.3 is 0 Å². The maximum Gasteiger partial charge on any atom is 0.253 e. The number of carbonyl (C=O) groups excluding carboxylic acids is 2. The van der Waals surface area contributed by atoms with E-state index in [-0.39, 0.29) is 17.9 Å². The topological polar surface area (TPSA) is 61.9 Å². The second kappa shape index (κ2) is 11.5. The smallest absolute Gasteiger partial charge is 0.253 e. The minimum absolute atomic E-state index is 0.000914. The Bertz CT molecular complexity index is 856. The molecule has 0 saturated carbocycles. The molecule has 1 atom stereocenters. The van der Waals surface area contributed by atoms with E-state index in [1.807, 2.05) is 66.4 Å². The Morgan fingerprint density at radius 2 is 1.71 bits per heavy atom. The van der Waals surface area contributed by atoms with Gasteiger partial charge in [0.15, 0.2) is 0 Å². The van der Waals surface area contributed by atoms with Crippen LogP contribution in [0.4, 0.5) is 0 Å². The number of nitrogens with zero attached hydrogens (tertiary/aromatic N) is 2. The molecular formula is C25H33N3O3. The lowest BCUT2D eigenvalue weighted by Crippen LogP contribution is -2.41. The summed E-state index contributed by atoms with van der Waals surface area (Å²) in [6, 6.07) is 17.2. The molecule has 31 heavy (non-hydrogen) atoms. The molecule has 0 aliphatic carbocycles. The molecule has 166 valence electrons. The van der Waals surface area contributed by atoms with Gasteiger partial charge in [0.05, 0.1) is 19.2 Å². The Morgan fingerprint density at radius 3 is 2.45 bits per heavy atom. The van der Waals surface area contributed by atoms with E-state index in [0.717, 1.165) is 30.7 Å². The van der Waals surface area contributed by atoms with Gasteiger partial charge in [-0.15, -0.1) is 0 Å². The minimum Gasteiger partial charge on any atom is -0.494 e. The summed E-state index contributed by atoms with van der Waals surface area (Å²) in [5.41, 5.74) is 1.73. The second-order valence-electron chi connectivity index (χ2n) is 7.79. The summed E-state index contributed by atoms with van der Waals surface area (Å²) in [7, 11) is 0. The normalized spacial score (nSPS) is 15.7. The Hall–Kier alpha value is -2.86. The third-order valence-electron chi connectivity index (χ3n) is 5.60. The molecule has 1 fully saturated rings. The Morgan fingerprint density at radius 1 is 0.968 bits per heavy atom. The van der Waals surface area contributed by atoms with E-state index < -0.39 is 0 Å². The first-order valence-electron chi connectivity index (χ1n) is 11.2. The molecule has 1 aliphatic rings. The van der Waals surface area contributed by atoms with Crippen LogP contribution in [0.5, 0.6) is 5.75 Å². The molecule has 0 aromatic heterocycles. The van der Waals surface area contributed by atoms with Crippen LogP contribution in [0.1, 0.15) is 48.7 Å². The SMILES string of the molecule is CCOc1ccccc1C(CC)NC(=O)CN1CCCN(C(=O)c2ccccc2)CC1. The largest absolute Gasteiger partial charge is 0.494 e. The van der Waals surface area contributed by atoms with Crippen molar-refractivity contribution in [3.63, 3.8) is 0 Å². The molecule has 6 nitrogen and oxygen atoms in total. The first kappa shape index (κ1) is 22.8. The highest BCUT2D eigenvalue weighted by molar-refractivity contribution is 5.94. The monoisotopic (exact) mass is 423 g/mol. The summed E-state index contributed by atoms with van der Waals surface area (Å²) >= 11 is 0. The van der Waals surface area contributed by atoms with E-state index in [1.54, 1.807) is 0 Å². The first-order valence-corrected chi connectivity index (χ1v) is 11.2. The summed E-state index contributed by atoms with van der Waals surface area (Å²) < 4.78 is 5.74. The average Bonchev–Trinajstić information content (AvgIpc) is 3.04. The Labute approximate surface area is 185 Å². The average molecular weight is 424 g/mol. The maximum atomic E-state index is 12.8. The molecule has 1 heterocycles. The van der Waals surface area contributed by atoms with Crippen LogP contribution in [-0.4, -0.2) is 60.9 Å². The van der Waals surface area contributed by atoms with Crippen molar-refractivity contribution >= 4 is 11.8 Å². The molecule has 3 rings (SSSR count). The van der Waals surface area contributed by atoms with Crippen molar-refractivity contribution in [2.45, 2.75) is 32.7 Å². The van der Waals surface area contributed by atoms with Crippen molar-refractivity contribution in [1.29, 1.82) is 0 Å². The number of nitrogens with one attached hydrogen (secondary N) is 1. The molecule has 2 aromatic carbocycles. The van der Waals surface area contributed by atoms with Crippen LogP contribution >= 0.6 is 0 Å². The summed E-state index contributed by atoms with van der Waals surface area (Å²) in [4.78, 5) is 29.5. The van der Waals surface area contributed by atoms with Crippen molar-refractivity contribution in [2.75, 3.05) is 39.3 Å². The lowest BCUT2D eigenvalue weighted by atomic mass is 10.0. The van der Waals surface area contributed by atoms with E-state index >= 15 is 0 Å². The van der Waals surface area contributed by atoms with Gasteiger partial charge in [-0.25, -0.2) is 0 Å². The standard InChI is InChI=1S/C25H33N3O3/c1-3-22(21-13-8-9-14-23(21)31-4-2)26-24(29)19-27-15-10-16-28(18-17-27)25(30)20-11-6-5-7-12-20/h5-9,11-14,22H,3-4,10,15-19H2,1-2H3,(H,26,29). The quantitative estimate of drug-likeness (QED) is 0.706. The molecular weight excluding hydrogens is 390 g/mol. The highest BCUT2D eigenvalue weighted by Gasteiger charge is 2.23. The highest BCUT2D eigenvalue weighted by Crippen LogP contribution is 2.27. The fourth-order valence-corrected chi connectivity index (χ4v) is 3.99. The van der Waals surface area contributed by atoms with Gasteiger partial charge in [0.1, 0.15) is 5.75 Å². The van der Waals surface area contributed by atoms with E-state index in [1.165, 1.54) is 0 Å². The summed E-state index contributed by atoms with van der Waals surface area (Å²) in [5, 5.41) is 3.17. The number of hydrogen-bond donors (Lipinski definition) is 1. The molecule has 2 aromatic rings. The van der Waals surface area contributed by atoms with Gasteiger partial charge < -0.3 is 15.0 Å². The van der Waals surface area contributed by atoms with E-state index in [9.17, 15) is 9.59 Å². The summed E-state index contributed by atoms with van der Waals surface area (Å²) in [5.74, 6) is 0.883. The van der Waals surface area contributed by atoms with Crippen molar-refractivity contribution in [3.8, 4) is 5.75 Å². The molecule has 0 spiro atoms. The van der Waals surface area contributed by atoms with Crippen LogP contribution < -0.4 is 10.1 Å². The van der Waals surface area contributed by atoms with Gasteiger partial charge in [-0.05, 0) is 38.0 Å². The maximum absolute atomic E-state index is 12.8. The number of carbonyl (C=O) groups is 2. The zero-order valence-corrected chi connectivity index (χ0v) is 18.5. The van der Waals surface area contributed by atoms with Gasteiger partial charge in [0.2, 0.25) is 5.91 Å². The summed E-state index contributed by atoms with van der Waals surface area (Å²) in [6.07, 6.45) is 1.64. The van der Waals surface area contributed by atoms with E-state index in [0.29, 0.717) is 38.3 Å². The van der Waals surface area contributed by atoms with E-state index in [4.69, 9.17) is 4.74 Å². The molecule has 6 heteroatoms. The fraction of sp³-hybridized carbons (Fsp3) is 0.440. The number of benzene rings is 2. The summed E-state index contributed by atoms with van der Waals surface area (Å²) in [6.45, 7) is 7.79. The van der Waals surface area contributed by atoms with Crippen LogP contribution in [0.2, 0.25) is 0 Å². The third-order valence-corrected chi connectivity index (χ3v) is 5.60. The first-order chi connectivity index (χ1) is 15.1. The molecule has 0 bridgehead atoms. The molecule has 0 radical (unpaired) electrons. The second-order valence-corrected chi connectivity index (χ2v) is 7.79. The van der Waals surface area contributed by atoms with Gasteiger partial charge in [0, 0.05) is 37.3 Å². The Balaban J connectivity index is 1.55. The zero-order chi connectivity index (χ0) is 22.1. The number of amides is 2. The van der Waals surface area contributed by atoms with Crippen LogP contribution in [0, 0.1) is 0 Å². The molecule has 1 saturated heterocycles. The number of para-hydroxylation sites is 1. The van der Waals surface area contributed by atoms with Crippen LogP contribution in [0.3, 0.4) is 0 Å². The van der Waals surface area contributed by atoms with Gasteiger partial charge in [-0.2, -0.15) is 0 Å². The molecule has 2 amide bonds. The fourth-order valence-electron chi connectivity index (χ4n) is 3.99. The predicted molar refractivity (Wildman–Crippen MR) is 122 cm³/mol. The molecule has 1 aliphatic heterocycles. The zero-order valence-electron chi connectivity index (χ0n) is 18.5. The number of ether oxygens (including phenoxy) is 1. The molecule has 1 unspecified atom stereocenters. The van der Waals surface area contributed by atoms with E-state index in [2.05, 4.69) is 17.1 Å². The van der Waals surface area contributed by atoms with Gasteiger partial charge in [0.25, 0.3) is 5.91 Å².